The first kappa shape index (κ1) is 21.4. The molecule has 35 heavy (non-hydrogen) atoms. The summed E-state index contributed by atoms with van der Waals surface area (Å²) < 4.78 is 38.4. The van der Waals surface area contributed by atoms with Crippen molar-refractivity contribution in [2.75, 3.05) is 7.11 Å². The standard InChI is InChI=1S/C25H22N6O3S/c1-15-5-8-18(9-6-15)35(32,33)31-22(12-20-24-16(13-26-25(20)31)14-27-30(24)3)23-19-11-17(34-4)7-10-21(19)29(2)28-23/h5-14H,1-4H3. The van der Waals surface area contributed by atoms with Gasteiger partial charge in [0.15, 0.2) is 5.65 Å². The molecule has 0 aliphatic rings. The molecule has 0 aliphatic heterocycles. The van der Waals surface area contributed by atoms with Gasteiger partial charge in [0.05, 0.1) is 34.9 Å². The van der Waals surface area contributed by atoms with E-state index in [1.165, 1.54) is 3.97 Å². The van der Waals surface area contributed by atoms with Gasteiger partial charge in [-0.1, -0.05) is 17.7 Å². The van der Waals surface area contributed by atoms with Crippen LogP contribution in [0.4, 0.5) is 0 Å². The summed E-state index contributed by atoms with van der Waals surface area (Å²) in [5.41, 5.74) is 3.87. The molecule has 0 N–H and O–H groups in total. The van der Waals surface area contributed by atoms with Crippen molar-refractivity contribution in [2.24, 2.45) is 14.1 Å². The number of aryl methyl sites for hydroxylation is 3. The summed E-state index contributed by atoms with van der Waals surface area (Å²) >= 11 is 0. The van der Waals surface area contributed by atoms with Gasteiger partial charge in [0, 0.05) is 36.5 Å². The van der Waals surface area contributed by atoms with Crippen molar-refractivity contribution in [3.05, 3.63) is 66.5 Å². The van der Waals surface area contributed by atoms with Gasteiger partial charge in [-0.05, 0) is 43.3 Å². The summed E-state index contributed by atoms with van der Waals surface area (Å²) in [7, 11) is 1.24. The number of aromatic nitrogens is 6. The van der Waals surface area contributed by atoms with Gasteiger partial charge in [-0.3, -0.25) is 9.36 Å². The summed E-state index contributed by atoms with van der Waals surface area (Å²) in [4.78, 5) is 4.74. The lowest BCUT2D eigenvalue weighted by atomic mass is 10.1. The molecule has 6 aromatic rings. The number of nitrogens with zero attached hydrogens (tertiary/aromatic N) is 6. The molecule has 6 rings (SSSR count). The van der Waals surface area contributed by atoms with Crippen LogP contribution in [0.5, 0.6) is 5.75 Å². The quantitative estimate of drug-likeness (QED) is 0.373. The van der Waals surface area contributed by atoms with Gasteiger partial charge < -0.3 is 4.74 Å². The average molecular weight is 487 g/mol. The highest BCUT2D eigenvalue weighted by Gasteiger charge is 2.28. The summed E-state index contributed by atoms with van der Waals surface area (Å²) in [6.45, 7) is 1.92. The third kappa shape index (κ3) is 3.06. The van der Waals surface area contributed by atoms with Crippen LogP contribution in [0, 0.1) is 6.92 Å². The molecule has 0 saturated carbocycles. The van der Waals surface area contributed by atoms with E-state index in [4.69, 9.17) is 9.84 Å². The van der Waals surface area contributed by atoms with Crippen molar-refractivity contribution in [3.63, 3.8) is 0 Å². The first-order valence-electron chi connectivity index (χ1n) is 10.9. The Balaban J connectivity index is 1.77. The molecule has 2 aromatic carbocycles. The Hall–Kier alpha value is -4.18. The molecular weight excluding hydrogens is 464 g/mol. The van der Waals surface area contributed by atoms with Gasteiger partial charge in [0.25, 0.3) is 10.0 Å². The Kier molecular flexibility index (Phi) is 4.52. The summed E-state index contributed by atoms with van der Waals surface area (Å²) in [5, 5.41) is 11.3. The van der Waals surface area contributed by atoms with E-state index in [1.54, 1.807) is 53.1 Å². The number of ether oxygens (including phenoxy) is 1. The maximum Gasteiger partial charge on any atom is 0.269 e. The Morgan fingerprint density at radius 3 is 2.43 bits per heavy atom. The molecule has 0 fully saturated rings. The van der Waals surface area contributed by atoms with Crippen LogP contribution in [0.1, 0.15) is 5.56 Å². The van der Waals surface area contributed by atoms with Crippen LogP contribution in [0.3, 0.4) is 0 Å². The van der Waals surface area contributed by atoms with Gasteiger partial charge >= 0.3 is 0 Å². The van der Waals surface area contributed by atoms with Crippen molar-refractivity contribution in [1.29, 1.82) is 0 Å². The van der Waals surface area contributed by atoms with E-state index >= 15 is 0 Å². The molecule has 0 bridgehead atoms. The van der Waals surface area contributed by atoms with Crippen molar-refractivity contribution in [1.82, 2.24) is 28.5 Å². The van der Waals surface area contributed by atoms with E-state index in [1.807, 2.05) is 45.3 Å². The number of benzene rings is 2. The first-order chi connectivity index (χ1) is 16.8. The minimum atomic E-state index is -4.01. The summed E-state index contributed by atoms with van der Waals surface area (Å²) in [6, 6.07) is 14.3. The molecule has 10 heteroatoms. The molecule has 0 spiro atoms. The lowest BCUT2D eigenvalue weighted by Crippen LogP contribution is -2.15. The lowest BCUT2D eigenvalue weighted by Gasteiger charge is -2.11. The molecule has 4 aromatic heterocycles. The molecule has 0 radical (unpaired) electrons. The van der Waals surface area contributed by atoms with Crippen LogP contribution >= 0.6 is 0 Å². The van der Waals surface area contributed by atoms with Crippen LogP contribution in [0.2, 0.25) is 0 Å². The molecule has 0 aliphatic carbocycles. The maximum absolute atomic E-state index is 14.1. The topological polar surface area (TPSA) is 96.8 Å². The fraction of sp³-hybridized carbons (Fsp3) is 0.160. The Labute approximate surface area is 201 Å². The van der Waals surface area contributed by atoms with Gasteiger partial charge in [-0.15, -0.1) is 0 Å². The molecule has 4 heterocycles. The van der Waals surface area contributed by atoms with Crippen LogP contribution in [-0.2, 0) is 24.1 Å². The fourth-order valence-corrected chi connectivity index (χ4v) is 6.04. The third-order valence-corrected chi connectivity index (χ3v) is 8.06. The van der Waals surface area contributed by atoms with Crippen molar-refractivity contribution < 1.29 is 13.2 Å². The van der Waals surface area contributed by atoms with Crippen molar-refractivity contribution in [3.8, 4) is 17.1 Å². The predicted octanol–water partition coefficient (Wildman–Crippen LogP) is 4.03. The van der Waals surface area contributed by atoms with Crippen LogP contribution < -0.4 is 4.74 Å². The lowest BCUT2D eigenvalue weighted by molar-refractivity contribution is 0.415. The Morgan fingerprint density at radius 2 is 1.69 bits per heavy atom. The smallest absolute Gasteiger partial charge is 0.269 e. The number of fused-ring (bicyclic) bond motifs is 4. The van der Waals surface area contributed by atoms with E-state index in [2.05, 4.69) is 10.1 Å². The molecule has 0 unspecified atom stereocenters. The first-order valence-corrected chi connectivity index (χ1v) is 12.4. The molecule has 0 saturated heterocycles. The Morgan fingerprint density at radius 1 is 0.914 bits per heavy atom. The monoisotopic (exact) mass is 486 g/mol. The normalized spacial score (nSPS) is 12.2. The highest BCUT2D eigenvalue weighted by atomic mass is 32.2. The summed E-state index contributed by atoms with van der Waals surface area (Å²) in [6.07, 6.45) is 3.36. The number of hydrogen-bond donors (Lipinski definition) is 0. The zero-order valence-corrected chi connectivity index (χ0v) is 20.4. The molecule has 9 nitrogen and oxygen atoms in total. The van der Waals surface area contributed by atoms with Crippen LogP contribution in [0.25, 0.3) is 44.2 Å². The number of hydrogen-bond acceptors (Lipinski definition) is 6. The molecule has 0 atom stereocenters. The minimum absolute atomic E-state index is 0.173. The van der Waals surface area contributed by atoms with E-state index in [0.29, 0.717) is 28.2 Å². The second kappa shape index (κ2) is 7.41. The fourth-order valence-electron chi connectivity index (χ4n) is 4.57. The molecular formula is C25H22N6O3S. The zero-order valence-electron chi connectivity index (χ0n) is 19.6. The van der Waals surface area contributed by atoms with E-state index in [0.717, 1.165) is 27.4 Å². The van der Waals surface area contributed by atoms with Gasteiger partial charge in [0.2, 0.25) is 0 Å². The Bertz CT molecular complexity index is 1880. The highest BCUT2D eigenvalue weighted by molar-refractivity contribution is 7.90. The molecule has 0 amide bonds. The third-order valence-electron chi connectivity index (χ3n) is 6.34. The minimum Gasteiger partial charge on any atom is -0.497 e. The second-order valence-corrected chi connectivity index (χ2v) is 10.3. The van der Waals surface area contributed by atoms with Crippen molar-refractivity contribution in [2.45, 2.75) is 11.8 Å². The van der Waals surface area contributed by atoms with Gasteiger partial charge in [-0.2, -0.15) is 10.2 Å². The maximum atomic E-state index is 14.1. The largest absolute Gasteiger partial charge is 0.497 e. The highest BCUT2D eigenvalue weighted by Crippen LogP contribution is 2.37. The molecule has 176 valence electrons. The number of rotatable bonds is 4. The van der Waals surface area contributed by atoms with E-state index < -0.39 is 10.0 Å². The second-order valence-electron chi connectivity index (χ2n) is 8.53. The van der Waals surface area contributed by atoms with Crippen molar-refractivity contribution >= 4 is 42.9 Å². The number of pyridine rings is 1. The van der Waals surface area contributed by atoms with Gasteiger partial charge in [-0.25, -0.2) is 17.4 Å². The average Bonchev–Trinajstić information content (AvgIpc) is 3.52. The number of methoxy groups -OCH3 is 1. The summed E-state index contributed by atoms with van der Waals surface area (Å²) in [5.74, 6) is 0.656. The SMILES string of the molecule is COc1ccc2c(c1)c(-c1cc3c4c(cnc3n1S(=O)(=O)c1ccc(C)cc1)cnn4C)nn2C. The van der Waals surface area contributed by atoms with Gasteiger partial charge in [0.1, 0.15) is 11.4 Å². The zero-order chi connectivity index (χ0) is 24.5. The van der Waals surface area contributed by atoms with Crippen LogP contribution in [0.15, 0.2) is 65.8 Å². The predicted molar refractivity (Wildman–Crippen MR) is 134 cm³/mol. The van der Waals surface area contributed by atoms with E-state index in [9.17, 15) is 8.42 Å². The van der Waals surface area contributed by atoms with Crippen LogP contribution in [-0.4, -0.2) is 44.0 Å². The van der Waals surface area contributed by atoms with E-state index in [-0.39, 0.29) is 4.90 Å².